The van der Waals surface area contributed by atoms with Gasteiger partial charge in [-0.3, -0.25) is 14.7 Å². The summed E-state index contributed by atoms with van der Waals surface area (Å²) >= 11 is 0. The van der Waals surface area contributed by atoms with E-state index in [1.807, 2.05) is 26.0 Å². The second-order valence-electron chi connectivity index (χ2n) is 16.7. The van der Waals surface area contributed by atoms with Crippen LogP contribution in [-0.4, -0.2) is 233 Å². The van der Waals surface area contributed by atoms with Crippen LogP contribution in [0.3, 0.4) is 0 Å². The predicted octanol–water partition coefficient (Wildman–Crippen LogP) is 4.88. The third kappa shape index (κ3) is 43.3. The van der Waals surface area contributed by atoms with Crippen molar-refractivity contribution in [2.24, 2.45) is 0 Å². The number of aryl methyl sites for hydroxylation is 2. The maximum absolute atomic E-state index is 12.2. The number of hydrogen-bond donors (Lipinski definition) is 2. The van der Waals surface area contributed by atoms with Gasteiger partial charge in [0.25, 0.3) is 5.69 Å². The van der Waals surface area contributed by atoms with Gasteiger partial charge in [0.2, 0.25) is 0 Å². The highest BCUT2D eigenvalue weighted by Gasteiger charge is 2.18. The lowest BCUT2D eigenvalue weighted by Gasteiger charge is -2.11. The van der Waals surface area contributed by atoms with Crippen molar-refractivity contribution in [1.29, 1.82) is 0 Å². The van der Waals surface area contributed by atoms with Gasteiger partial charge in [0.1, 0.15) is 19.0 Å². The first-order valence-electron chi connectivity index (χ1n) is 26.6. The fourth-order valence-electron chi connectivity index (χ4n) is 6.45. The molecule has 0 aliphatic rings. The van der Waals surface area contributed by atoms with Gasteiger partial charge >= 0.3 is 13.7 Å². The lowest BCUT2D eigenvalue weighted by Crippen LogP contribution is -2.26. The van der Waals surface area contributed by atoms with Gasteiger partial charge in [-0.25, -0.2) is 4.79 Å². The van der Waals surface area contributed by atoms with Crippen LogP contribution in [-0.2, 0) is 98.1 Å². The number of benzene rings is 2. The van der Waals surface area contributed by atoms with E-state index in [0.29, 0.717) is 217 Å². The molecular weight excluding hydrogens is 1050 g/mol. The average Bonchev–Trinajstić information content (AvgIpc) is 3.41. The summed E-state index contributed by atoms with van der Waals surface area (Å²) in [5.74, 6) is 0.436. The predicted molar refractivity (Wildman–Crippen MR) is 285 cm³/mol. The van der Waals surface area contributed by atoms with E-state index >= 15 is 0 Å². The Morgan fingerprint density at radius 3 is 1.21 bits per heavy atom. The highest BCUT2D eigenvalue weighted by molar-refractivity contribution is 7.52. The zero-order valence-electron chi connectivity index (χ0n) is 46.2. The second-order valence-corrected chi connectivity index (χ2v) is 18.6. The zero-order chi connectivity index (χ0) is 56.3. The van der Waals surface area contributed by atoms with Crippen LogP contribution in [0.15, 0.2) is 36.4 Å². The summed E-state index contributed by atoms with van der Waals surface area (Å²) in [6.45, 7) is 19.1. The van der Waals surface area contributed by atoms with Crippen LogP contribution in [0, 0.1) is 24.0 Å². The molecule has 0 saturated heterocycles. The van der Waals surface area contributed by atoms with Gasteiger partial charge in [-0.15, -0.1) is 0 Å². The monoisotopic (exact) mass is 1140 g/mol. The van der Waals surface area contributed by atoms with Gasteiger partial charge in [-0.2, -0.15) is 0 Å². The number of ether oxygens (including phenoxy) is 17. The number of nitrogens with one attached hydrogen (secondary N) is 1. The number of nitro groups is 1. The summed E-state index contributed by atoms with van der Waals surface area (Å²) in [4.78, 5) is 32.7. The van der Waals surface area contributed by atoms with Crippen LogP contribution in [0.4, 0.5) is 10.5 Å². The van der Waals surface area contributed by atoms with Crippen LogP contribution in [0.25, 0.3) is 0 Å². The van der Waals surface area contributed by atoms with E-state index in [4.69, 9.17) is 85.1 Å². The summed E-state index contributed by atoms with van der Waals surface area (Å²) in [7, 11) is -3.54. The molecule has 0 heterocycles. The average molecular weight is 1140 g/mol. The van der Waals surface area contributed by atoms with Crippen molar-refractivity contribution in [3.05, 3.63) is 68.8 Å². The van der Waals surface area contributed by atoms with Gasteiger partial charge in [0.15, 0.2) is 0 Å². The van der Waals surface area contributed by atoms with Crippen molar-refractivity contribution >= 4 is 19.4 Å². The van der Waals surface area contributed by atoms with Gasteiger partial charge in [0, 0.05) is 19.2 Å². The maximum Gasteiger partial charge on any atom is 0.407 e. The number of carbonyl (C=O) groups excluding carboxylic acids is 1. The first-order chi connectivity index (χ1) is 38.1. The minimum Gasteiger partial charge on any atom is -0.489 e. The van der Waals surface area contributed by atoms with E-state index in [9.17, 15) is 24.4 Å². The van der Waals surface area contributed by atoms with E-state index in [0.717, 1.165) is 16.7 Å². The number of nitro benzene ring substituents is 1. The van der Waals surface area contributed by atoms with Crippen LogP contribution in [0.5, 0.6) is 5.75 Å². The topological polar surface area (TPSA) is 276 Å². The molecule has 2 aromatic rings. The highest BCUT2D eigenvalue weighted by Crippen LogP contribution is 2.40. The van der Waals surface area contributed by atoms with Crippen molar-refractivity contribution in [3.63, 3.8) is 0 Å². The van der Waals surface area contributed by atoms with Gasteiger partial charge < -0.3 is 95.3 Å². The Kier molecular flexibility index (Phi) is 45.6. The van der Waals surface area contributed by atoms with E-state index in [2.05, 4.69) is 11.4 Å². The summed E-state index contributed by atoms with van der Waals surface area (Å²) in [5, 5.41) is 14.2. The fourth-order valence-corrected chi connectivity index (χ4v) is 7.34. The number of alkyl carbamates (subject to hydrolysis) is 1. The molecule has 0 aliphatic carbocycles. The summed E-state index contributed by atoms with van der Waals surface area (Å²) < 4.78 is 110. The van der Waals surface area contributed by atoms with E-state index < -0.39 is 18.6 Å². The van der Waals surface area contributed by atoms with Gasteiger partial charge in [0.05, 0.1) is 215 Å². The Labute approximate surface area is 460 Å². The van der Waals surface area contributed by atoms with Crippen molar-refractivity contribution in [2.75, 3.05) is 218 Å². The van der Waals surface area contributed by atoms with Crippen molar-refractivity contribution in [3.8, 4) is 5.75 Å². The number of amides is 1. The molecule has 0 aromatic heterocycles. The van der Waals surface area contributed by atoms with E-state index in [-0.39, 0.29) is 37.2 Å². The molecule has 0 saturated carbocycles. The third-order valence-electron chi connectivity index (χ3n) is 10.1. The molecule has 1 atom stereocenters. The van der Waals surface area contributed by atoms with Crippen LogP contribution >= 0.6 is 7.60 Å². The molecule has 0 spiro atoms. The largest absolute Gasteiger partial charge is 0.489 e. The maximum atomic E-state index is 12.2. The molecule has 2 aromatic carbocycles. The normalized spacial score (nSPS) is 12.3. The van der Waals surface area contributed by atoms with Gasteiger partial charge in [-0.1, -0.05) is 29.3 Å². The van der Waals surface area contributed by atoms with E-state index in [1.54, 1.807) is 6.92 Å². The lowest BCUT2D eigenvalue weighted by atomic mass is 10.1. The highest BCUT2D eigenvalue weighted by atomic mass is 31.2. The van der Waals surface area contributed by atoms with E-state index in [1.165, 1.54) is 18.2 Å². The molecule has 78 heavy (non-hydrogen) atoms. The molecule has 1 amide bonds. The van der Waals surface area contributed by atoms with Gasteiger partial charge in [-0.05, 0) is 44.9 Å². The molecule has 0 bridgehead atoms. The molecule has 0 radical (unpaired) electrons. The number of rotatable bonds is 57. The number of carbonyl (C=O) groups is 1. The van der Waals surface area contributed by atoms with Crippen molar-refractivity contribution < 1.29 is 104 Å². The quantitative estimate of drug-likeness (QED) is 0.0386. The molecule has 0 fully saturated rings. The standard InChI is InChI=1S/C52H89N2O23P/c1-4-77-78(58,59)39-38-74-37-36-73-35-34-72-33-32-71-31-30-70-29-28-69-27-26-68-25-24-67-23-22-66-21-20-65-19-18-64-17-16-63-15-14-62-13-12-61-11-10-60-9-5-8-53-52(55)76-45-49-43-50(6-7-51(49)54(56)57)75-44-48-41-46(2)40-47(3)42-48/h6-7,40-43H,4-5,8-39,44-45H2,1-3H3,(H,53,55)(H,58,59). The fraction of sp³-hybridized carbons (Fsp3) is 0.750. The van der Waals surface area contributed by atoms with Crippen molar-refractivity contribution in [1.82, 2.24) is 5.32 Å². The molecule has 2 rings (SSSR count). The summed E-state index contributed by atoms with van der Waals surface area (Å²) in [6, 6.07) is 10.5. The first-order valence-corrected chi connectivity index (χ1v) is 28.4. The molecule has 2 N–H and O–H groups in total. The Balaban J connectivity index is 1.20. The first kappa shape index (κ1) is 70.6. The Hall–Kier alpha value is -3.54. The Morgan fingerprint density at radius 2 is 0.859 bits per heavy atom. The number of nitrogens with zero attached hydrogens (tertiary/aromatic N) is 1. The minimum atomic E-state index is -3.54. The Morgan fingerprint density at radius 1 is 0.513 bits per heavy atom. The van der Waals surface area contributed by atoms with Crippen LogP contribution in [0.2, 0.25) is 0 Å². The summed E-state index contributed by atoms with van der Waals surface area (Å²) in [6.07, 6.45) is -0.187. The second kappa shape index (κ2) is 50.4. The minimum absolute atomic E-state index is 0.0401. The van der Waals surface area contributed by atoms with Crippen LogP contribution in [0.1, 0.15) is 35.6 Å². The molecule has 25 nitrogen and oxygen atoms in total. The SMILES string of the molecule is CCOP(=O)(O)CCOCCOCCOCCOCCOCCOCCOCCOCCOCCOCCOCCOCCOCCOCCOCCCNC(=O)OCc1cc(OCc2cc(C)cc(C)c2)ccc1[N+](=O)[O-]. The summed E-state index contributed by atoms with van der Waals surface area (Å²) in [5.41, 5.74) is 3.28. The molecule has 1 unspecified atom stereocenters. The molecule has 0 aliphatic heterocycles. The third-order valence-corrected chi connectivity index (χ3v) is 11.5. The number of hydrogen-bond acceptors (Lipinski definition) is 22. The molecular formula is C52H89N2O23P. The zero-order valence-corrected chi connectivity index (χ0v) is 47.1. The smallest absolute Gasteiger partial charge is 0.407 e. The molecule has 26 heteroatoms. The molecule has 450 valence electrons. The van der Waals surface area contributed by atoms with Crippen molar-refractivity contribution in [2.45, 2.75) is 40.4 Å². The van der Waals surface area contributed by atoms with Crippen LogP contribution < -0.4 is 10.1 Å². The lowest BCUT2D eigenvalue weighted by molar-refractivity contribution is -0.385. The Bertz CT molecular complexity index is 1780.